The Morgan fingerprint density at radius 2 is 2.05 bits per heavy atom. The minimum Gasteiger partial charge on any atom is -0.490 e. The van der Waals surface area contributed by atoms with Gasteiger partial charge in [-0.15, -0.1) is 0 Å². The molecule has 0 aromatic heterocycles. The molecule has 0 atom stereocenters. The van der Waals surface area contributed by atoms with Gasteiger partial charge in [0.25, 0.3) is 0 Å². The molecule has 0 spiro atoms. The SMILES string of the molecule is CC(C)(C)OC(=O)N[C@H]1C[C@@H](Oc2cccc(F)c2)C1. The maximum atomic E-state index is 13.0. The van der Waals surface area contributed by atoms with Gasteiger partial charge in [0.1, 0.15) is 23.3 Å². The normalized spacial score (nSPS) is 21.8. The number of alkyl carbamates (subject to hydrolysis) is 1. The van der Waals surface area contributed by atoms with Crippen LogP contribution >= 0.6 is 0 Å². The van der Waals surface area contributed by atoms with E-state index in [4.69, 9.17) is 9.47 Å². The van der Waals surface area contributed by atoms with Crippen molar-refractivity contribution in [3.8, 4) is 5.75 Å². The monoisotopic (exact) mass is 281 g/mol. The highest BCUT2D eigenvalue weighted by Gasteiger charge is 2.33. The van der Waals surface area contributed by atoms with Crippen LogP contribution in [0.1, 0.15) is 33.6 Å². The number of benzene rings is 1. The Morgan fingerprint density at radius 3 is 2.65 bits per heavy atom. The van der Waals surface area contributed by atoms with E-state index in [0.29, 0.717) is 18.6 Å². The molecule has 0 saturated heterocycles. The lowest BCUT2D eigenvalue weighted by molar-refractivity contribution is 0.0362. The average Bonchev–Trinajstić information content (AvgIpc) is 2.23. The van der Waals surface area contributed by atoms with E-state index in [9.17, 15) is 9.18 Å². The second-order valence-electron chi connectivity index (χ2n) is 6.01. The zero-order valence-electron chi connectivity index (χ0n) is 12.0. The zero-order valence-corrected chi connectivity index (χ0v) is 12.0. The minimum atomic E-state index is -0.495. The highest BCUT2D eigenvalue weighted by molar-refractivity contribution is 5.68. The third-order valence-electron chi connectivity index (χ3n) is 2.91. The number of halogens is 1. The first-order chi connectivity index (χ1) is 9.32. The summed E-state index contributed by atoms with van der Waals surface area (Å²) in [6, 6.07) is 6.12. The maximum absolute atomic E-state index is 13.0. The van der Waals surface area contributed by atoms with E-state index in [2.05, 4.69) is 5.32 Å². The molecule has 0 heterocycles. The highest BCUT2D eigenvalue weighted by atomic mass is 19.1. The van der Waals surface area contributed by atoms with Crippen molar-refractivity contribution < 1.29 is 18.7 Å². The topological polar surface area (TPSA) is 47.6 Å². The molecule has 1 aliphatic carbocycles. The van der Waals surface area contributed by atoms with Crippen LogP contribution in [-0.4, -0.2) is 23.8 Å². The number of hydrogen-bond donors (Lipinski definition) is 1. The lowest BCUT2D eigenvalue weighted by Crippen LogP contribution is -2.50. The lowest BCUT2D eigenvalue weighted by Gasteiger charge is -2.36. The van der Waals surface area contributed by atoms with Crippen molar-refractivity contribution in [2.24, 2.45) is 0 Å². The zero-order chi connectivity index (χ0) is 14.8. The Labute approximate surface area is 118 Å². The quantitative estimate of drug-likeness (QED) is 0.925. The number of hydrogen-bond acceptors (Lipinski definition) is 3. The first kappa shape index (κ1) is 14.6. The largest absolute Gasteiger partial charge is 0.490 e. The highest BCUT2D eigenvalue weighted by Crippen LogP contribution is 2.26. The van der Waals surface area contributed by atoms with Crippen LogP contribution in [0.4, 0.5) is 9.18 Å². The van der Waals surface area contributed by atoms with Gasteiger partial charge in [-0.05, 0) is 32.9 Å². The van der Waals surface area contributed by atoms with Crippen LogP contribution in [0.3, 0.4) is 0 Å². The molecule has 0 radical (unpaired) electrons. The minimum absolute atomic E-state index is 0.0109. The van der Waals surface area contributed by atoms with Crippen LogP contribution in [0.5, 0.6) is 5.75 Å². The number of carbonyl (C=O) groups is 1. The van der Waals surface area contributed by atoms with Crippen LogP contribution in [0.15, 0.2) is 24.3 Å². The van der Waals surface area contributed by atoms with Gasteiger partial charge in [0.15, 0.2) is 0 Å². The van der Waals surface area contributed by atoms with E-state index >= 15 is 0 Å². The summed E-state index contributed by atoms with van der Waals surface area (Å²) in [6.45, 7) is 5.47. The van der Waals surface area contributed by atoms with E-state index in [1.54, 1.807) is 12.1 Å². The van der Waals surface area contributed by atoms with E-state index in [1.807, 2.05) is 20.8 Å². The molecule has 1 aliphatic rings. The maximum Gasteiger partial charge on any atom is 0.407 e. The van der Waals surface area contributed by atoms with Gasteiger partial charge < -0.3 is 14.8 Å². The van der Waals surface area contributed by atoms with Crippen molar-refractivity contribution in [3.63, 3.8) is 0 Å². The van der Waals surface area contributed by atoms with E-state index in [1.165, 1.54) is 12.1 Å². The van der Waals surface area contributed by atoms with Crippen molar-refractivity contribution in [2.45, 2.75) is 51.4 Å². The molecule has 5 heteroatoms. The second-order valence-corrected chi connectivity index (χ2v) is 6.01. The molecule has 0 aliphatic heterocycles. The van der Waals surface area contributed by atoms with Crippen LogP contribution in [0.2, 0.25) is 0 Å². The number of carbonyl (C=O) groups excluding carboxylic acids is 1. The number of rotatable bonds is 3. The Bertz CT molecular complexity index is 478. The summed E-state index contributed by atoms with van der Waals surface area (Å²) in [7, 11) is 0. The van der Waals surface area contributed by atoms with Crippen LogP contribution in [-0.2, 0) is 4.74 Å². The Morgan fingerprint density at radius 1 is 1.35 bits per heavy atom. The molecule has 1 amide bonds. The molecule has 0 unspecified atom stereocenters. The standard InChI is InChI=1S/C15H20FNO3/c1-15(2,3)20-14(18)17-11-8-13(9-11)19-12-6-4-5-10(16)7-12/h4-7,11,13H,8-9H2,1-3H3,(H,17,18)/t11-,13+. The van der Waals surface area contributed by atoms with Gasteiger partial charge in [0, 0.05) is 24.9 Å². The first-order valence-corrected chi connectivity index (χ1v) is 6.73. The molecule has 1 aromatic rings. The van der Waals surface area contributed by atoms with Crippen molar-refractivity contribution in [1.82, 2.24) is 5.32 Å². The molecule has 0 bridgehead atoms. The summed E-state index contributed by atoms with van der Waals surface area (Å²) in [5, 5.41) is 2.78. The van der Waals surface area contributed by atoms with Gasteiger partial charge in [-0.25, -0.2) is 9.18 Å². The molecular weight excluding hydrogens is 261 g/mol. The summed E-state index contributed by atoms with van der Waals surface area (Å²) in [5.41, 5.74) is -0.495. The fourth-order valence-corrected chi connectivity index (χ4v) is 1.99. The molecule has 20 heavy (non-hydrogen) atoms. The van der Waals surface area contributed by atoms with Crippen molar-refractivity contribution in [2.75, 3.05) is 0 Å². The van der Waals surface area contributed by atoms with Crippen molar-refractivity contribution >= 4 is 6.09 Å². The lowest BCUT2D eigenvalue weighted by atomic mass is 9.89. The average molecular weight is 281 g/mol. The summed E-state index contributed by atoms with van der Waals surface area (Å²) in [6.07, 6.45) is 1.01. The number of ether oxygens (including phenoxy) is 2. The molecule has 110 valence electrons. The number of amides is 1. The summed E-state index contributed by atoms with van der Waals surface area (Å²) in [5.74, 6) is 0.205. The second kappa shape index (κ2) is 5.69. The Kier molecular flexibility index (Phi) is 4.16. The van der Waals surface area contributed by atoms with E-state index in [-0.39, 0.29) is 18.0 Å². The molecule has 1 aromatic carbocycles. The van der Waals surface area contributed by atoms with Crippen LogP contribution < -0.4 is 10.1 Å². The molecule has 1 N–H and O–H groups in total. The Balaban J connectivity index is 1.71. The fourth-order valence-electron chi connectivity index (χ4n) is 1.99. The molecule has 1 fully saturated rings. The van der Waals surface area contributed by atoms with Gasteiger partial charge in [-0.1, -0.05) is 6.07 Å². The van der Waals surface area contributed by atoms with E-state index < -0.39 is 11.7 Å². The van der Waals surface area contributed by atoms with Gasteiger partial charge >= 0.3 is 6.09 Å². The van der Waals surface area contributed by atoms with Crippen LogP contribution in [0, 0.1) is 5.82 Å². The van der Waals surface area contributed by atoms with Gasteiger partial charge in [0.2, 0.25) is 0 Å². The van der Waals surface area contributed by atoms with Crippen molar-refractivity contribution in [1.29, 1.82) is 0 Å². The Hall–Kier alpha value is -1.78. The first-order valence-electron chi connectivity index (χ1n) is 6.73. The third kappa shape index (κ3) is 4.40. The fraction of sp³-hybridized carbons (Fsp3) is 0.533. The smallest absolute Gasteiger partial charge is 0.407 e. The van der Waals surface area contributed by atoms with Crippen molar-refractivity contribution in [3.05, 3.63) is 30.1 Å². The third-order valence-corrected chi connectivity index (χ3v) is 2.91. The molecule has 1 saturated carbocycles. The molecular formula is C15H20FNO3. The van der Waals surface area contributed by atoms with E-state index in [0.717, 1.165) is 0 Å². The molecule has 2 rings (SSSR count). The predicted molar refractivity (Wildman–Crippen MR) is 73.2 cm³/mol. The predicted octanol–water partition coefficient (Wildman–Crippen LogP) is 3.26. The van der Waals surface area contributed by atoms with Gasteiger partial charge in [0.05, 0.1) is 0 Å². The van der Waals surface area contributed by atoms with Crippen LogP contribution in [0.25, 0.3) is 0 Å². The van der Waals surface area contributed by atoms with Gasteiger partial charge in [-0.3, -0.25) is 0 Å². The summed E-state index contributed by atoms with van der Waals surface area (Å²) >= 11 is 0. The summed E-state index contributed by atoms with van der Waals surface area (Å²) in [4.78, 5) is 11.5. The number of nitrogens with one attached hydrogen (secondary N) is 1. The molecule has 4 nitrogen and oxygen atoms in total. The van der Waals surface area contributed by atoms with Gasteiger partial charge in [-0.2, -0.15) is 0 Å². The summed E-state index contributed by atoms with van der Waals surface area (Å²) < 4.78 is 23.8.